The fourth-order valence-electron chi connectivity index (χ4n) is 5.55. The van der Waals surface area contributed by atoms with Crippen molar-refractivity contribution in [3.05, 3.63) is 90.3 Å². The van der Waals surface area contributed by atoms with Crippen molar-refractivity contribution in [1.82, 2.24) is 9.46 Å². The lowest BCUT2D eigenvalue weighted by molar-refractivity contribution is 0.657. The second-order valence-electron chi connectivity index (χ2n) is 10.8. The van der Waals surface area contributed by atoms with Gasteiger partial charge >= 0.3 is 6.98 Å². The Bertz CT molecular complexity index is 1290. The Labute approximate surface area is 211 Å². The van der Waals surface area contributed by atoms with E-state index in [1.165, 1.54) is 39.0 Å². The Balaban J connectivity index is 1.81. The minimum atomic E-state index is 0.0735. The lowest BCUT2D eigenvalue weighted by atomic mass is 9.57. The van der Waals surface area contributed by atoms with Crippen LogP contribution in [0.1, 0.15) is 64.5 Å². The zero-order valence-electron chi connectivity index (χ0n) is 21.9. The summed E-state index contributed by atoms with van der Waals surface area (Å²) < 4.78 is 2.40. The summed E-state index contributed by atoms with van der Waals surface area (Å²) in [7, 11) is 0. The minimum Gasteiger partial charge on any atom is -0.391 e. The Morgan fingerprint density at radius 1 is 0.771 bits per heavy atom. The molecule has 5 rings (SSSR count). The van der Waals surface area contributed by atoms with Crippen LogP contribution in [0.2, 0.25) is 0 Å². The highest BCUT2D eigenvalue weighted by Crippen LogP contribution is 2.38. The highest BCUT2D eigenvalue weighted by molar-refractivity contribution is 6.77. The van der Waals surface area contributed by atoms with Crippen LogP contribution in [0.3, 0.4) is 0 Å². The van der Waals surface area contributed by atoms with E-state index in [2.05, 4.69) is 124 Å². The number of nitrogens with zero attached hydrogens (tertiary/aromatic N) is 3. The molecule has 0 saturated carbocycles. The van der Waals surface area contributed by atoms with Gasteiger partial charge in [0.05, 0.1) is 0 Å². The molecule has 3 aromatic carbocycles. The van der Waals surface area contributed by atoms with Crippen molar-refractivity contribution in [2.24, 2.45) is 5.92 Å². The molecular formula is C31H36BN3. The second-order valence-corrected chi connectivity index (χ2v) is 10.8. The number of aromatic nitrogens is 2. The molecule has 1 aliphatic rings. The van der Waals surface area contributed by atoms with Crippen molar-refractivity contribution in [3.8, 4) is 22.5 Å². The van der Waals surface area contributed by atoms with Crippen molar-refractivity contribution in [1.29, 1.82) is 0 Å². The summed E-state index contributed by atoms with van der Waals surface area (Å²) in [4.78, 5) is 7.45. The highest BCUT2D eigenvalue weighted by atomic mass is 15.2. The van der Waals surface area contributed by atoms with Crippen molar-refractivity contribution >= 4 is 18.1 Å². The molecule has 2 heterocycles. The summed E-state index contributed by atoms with van der Waals surface area (Å²) in [5.74, 6) is 2.39. The largest absolute Gasteiger partial charge is 0.417 e. The molecule has 0 unspecified atom stereocenters. The van der Waals surface area contributed by atoms with Crippen LogP contribution in [0.5, 0.6) is 0 Å². The highest BCUT2D eigenvalue weighted by Gasteiger charge is 2.40. The average Bonchev–Trinajstić information content (AvgIpc) is 3.33. The van der Waals surface area contributed by atoms with E-state index in [4.69, 9.17) is 4.98 Å². The van der Waals surface area contributed by atoms with Crippen LogP contribution in [-0.2, 0) is 0 Å². The number of fused-ring (bicyclic) bond motifs is 3. The van der Waals surface area contributed by atoms with Crippen LogP contribution in [0.15, 0.2) is 79.1 Å². The van der Waals surface area contributed by atoms with Crippen LogP contribution in [-0.4, -0.2) is 23.0 Å². The zero-order valence-corrected chi connectivity index (χ0v) is 21.9. The van der Waals surface area contributed by atoms with Gasteiger partial charge in [-0.3, -0.25) is 0 Å². The fourth-order valence-corrected chi connectivity index (χ4v) is 5.55. The number of para-hydroxylation sites is 1. The predicted octanol–water partition coefficient (Wildman–Crippen LogP) is 7.18. The summed E-state index contributed by atoms with van der Waals surface area (Å²) in [6, 6.07) is 24.4. The molecule has 35 heavy (non-hydrogen) atoms. The third-order valence-electron chi connectivity index (χ3n) is 7.10. The SMILES string of the molecule is CC(C)CN1B(c2c(C(C)C)cc(-c3ccccc3)cc2C(C)C)n2ccnc2-c2ccccc21. The Kier molecular flexibility index (Phi) is 6.31. The topological polar surface area (TPSA) is 21.1 Å². The van der Waals surface area contributed by atoms with Gasteiger partial charge in [-0.05, 0) is 57.6 Å². The molecule has 0 atom stereocenters. The molecule has 4 heteroatoms. The van der Waals surface area contributed by atoms with E-state index in [0.717, 1.165) is 12.4 Å². The van der Waals surface area contributed by atoms with E-state index in [-0.39, 0.29) is 6.98 Å². The van der Waals surface area contributed by atoms with Crippen LogP contribution in [0.4, 0.5) is 5.69 Å². The molecule has 0 saturated heterocycles. The predicted molar refractivity (Wildman–Crippen MR) is 151 cm³/mol. The molecule has 4 aromatic rings. The summed E-state index contributed by atoms with van der Waals surface area (Å²) in [5.41, 5.74) is 9.36. The van der Waals surface area contributed by atoms with Crippen LogP contribution in [0.25, 0.3) is 22.5 Å². The molecule has 178 valence electrons. The van der Waals surface area contributed by atoms with E-state index in [9.17, 15) is 0 Å². The summed E-state index contributed by atoms with van der Waals surface area (Å²) in [5, 5.41) is 0. The maximum absolute atomic E-state index is 4.84. The van der Waals surface area contributed by atoms with E-state index < -0.39 is 0 Å². The first-order valence-electron chi connectivity index (χ1n) is 13.0. The van der Waals surface area contributed by atoms with Crippen molar-refractivity contribution < 1.29 is 0 Å². The molecule has 0 amide bonds. The molecule has 0 spiro atoms. The van der Waals surface area contributed by atoms with Gasteiger partial charge in [-0.1, -0.05) is 96.1 Å². The molecule has 3 nitrogen and oxygen atoms in total. The van der Waals surface area contributed by atoms with E-state index in [0.29, 0.717) is 17.8 Å². The summed E-state index contributed by atoms with van der Waals surface area (Å²) in [6.07, 6.45) is 4.13. The lowest BCUT2D eigenvalue weighted by Gasteiger charge is -2.41. The van der Waals surface area contributed by atoms with Gasteiger partial charge in [0, 0.05) is 30.2 Å². The van der Waals surface area contributed by atoms with Crippen molar-refractivity contribution in [3.63, 3.8) is 0 Å². The first-order valence-corrected chi connectivity index (χ1v) is 13.0. The molecule has 1 aliphatic heterocycles. The summed E-state index contributed by atoms with van der Waals surface area (Å²) in [6.45, 7) is 15.0. The van der Waals surface area contributed by atoms with Crippen LogP contribution < -0.4 is 10.3 Å². The van der Waals surface area contributed by atoms with Gasteiger partial charge in [-0.2, -0.15) is 0 Å². The average molecular weight is 461 g/mol. The molecule has 0 fully saturated rings. The molecule has 0 aliphatic carbocycles. The zero-order chi connectivity index (χ0) is 24.7. The first-order chi connectivity index (χ1) is 16.9. The number of rotatable bonds is 6. The monoisotopic (exact) mass is 461 g/mol. The van der Waals surface area contributed by atoms with Crippen molar-refractivity contribution in [2.45, 2.75) is 53.4 Å². The van der Waals surface area contributed by atoms with Gasteiger partial charge in [-0.25, -0.2) is 4.98 Å². The Hall–Kier alpha value is -3.27. The minimum absolute atomic E-state index is 0.0735. The number of hydrogen-bond acceptors (Lipinski definition) is 2. The second kappa shape index (κ2) is 9.41. The number of benzene rings is 3. The van der Waals surface area contributed by atoms with Crippen LogP contribution >= 0.6 is 0 Å². The number of hydrogen-bond donors (Lipinski definition) is 0. The lowest BCUT2D eigenvalue weighted by Crippen LogP contribution is -2.59. The van der Waals surface area contributed by atoms with E-state index in [1.807, 2.05) is 6.20 Å². The fraction of sp³-hybridized carbons (Fsp3) is 0.323. The van der Waals surface area contributed by atoms with Gasteiger partial charge < -0.3 is 9.29 Å². The standard InChI is InChI=1S/C31H36BN3/c1-21(2)20-35-29-15-11-10-14-26(29)31-33-16-17-34(31)32(35)30-27(22(3)4)18-25(19-28(30)23(5)6)24-12-8-7-9-13-24/h7-19,21-23H,20H2,1-6H3. The van der Waals surface area contributed by atoms with Crippen molar-refractivity contribution in [2.75, 3.05) is 11.4 Å². The third kappa shape index (κ3) is 4.20. The van der Waals surface area contributed by atoms with Gasteiger partial charge in [0.1, 0.15) is 5.82 Å². The maximum atomic E-state index is 4.84. The molecule has 0 bridgehead atoms. The maximum Gasteiger partial charge on any atom is 0.417 e. The molecule has 0 N–H and O–H groups in total. The summed E-state index contributed by atoms with van der Waals surface area (Å²) >= 11 is 0. The number of anilines is 1. The Morgan fingerprint density at radius 2 is 1.40 bits per heavy atom. The van der Waals surface area contributed by atoms with E-state index >= 15 is 0 Å². The van der Waals surface area contributed by atoms with Gasteiger partial charge in [0.15, 0.2) is 0 Å². The van der Waals surface area contributed by atoms with Gasteiger partial charge in [0.2, 0.25) is 0 Å². The normalized spacial score (nSPS) is 13.1. The first kappa shape index (κ1) is 23.5. The van der Waals surface area contributed by atoms with Gasteiger partial charge in [0.25, 0.3) is 0 Å². The van der Waals surface area contributed by atoms with Gasteiger partial charge in [-0.15, -0.1) is 0 Å². The number of imidazole rings is 1. The van der Waals surface area contributed by atoms with Crippen LogP contribution in [0, 0.1) is 5.92 Å². The molecule has 1 aromatic heterocycles. The van der Waals surface area contributed by atoms with E-state index in [1.54, 1.807) is 0 Å². The Morgan fingerprint density at radius 3 is 2.03 bits per heavy atom. The molecule has 0 radical (unpaired) electrons. The smallest absolute Gasteiger partial charge is 0.391 e. The third-order valence-corrected chi connectivity index (χ3v) is 7.10. The molecular weight excluding hydrogens is 425 g/mol. The quantitative estimate of drug-likeness (QED) is 0.284.